The summed E-state index contributed by atoms with van der Waals surface area (Å²) in [6.07, 6.45) is 6.04. The summed E-state index contributed by atoms with van der Waals surface area (Å²) in [5.41, 5.74) is 0.982. The molecule has 0 radical (unpaired) electrons. The summed E-state index contributed by atoms with van der Waals surface area (Å²) in [5.74, 6) is 0.0472. The molecule has 1 aliphatic heterocycles. The Bertz CT molecular complexity index is 650. The first-order valence-corrected chi connectivity index (χ1v) is 10.8. The van der Waals surface area contributed by atoms with Crippen LogP contribution in [-0.4, -0.2) is 37.8 Å². The number of nitrogens with zero attached hydrogens (tertiary/aromatic N) is 1. The number of hydrogen-bond acceptors (Lipinski definition) is 3. The van der Waals surface area contributed by atoms with E-state index in [1.165, 1.54) is 0 Å². The van der Waals surface area contributed by atoms with Crippen LogP contribution < -0.4 is 5.32 Å². The number of piperidine rings is 1. The predicted octanol–water partition coefficient (Wildman–Crippen LogP) is 3.10. The van der Waals surface area contributed by atoms with Crippen LogP contribution in [0.5, 0.6) is 0 Å². The minimum Gasteiger partial charge on any atom is -0.354 e. The predicted molar refractivity (Wildman–Crippen MR) is 99.9 cm³/mol. The highest BCUT2D eigenvalue weighted by molar-refractivity contribution is 7.89. The molecule has 5 nitrogen and oxygen atoms in total. The zero-order valence-corrected chi connectivity index (χ0v) is 16.1. The minimum atomic E-state index is -3.38. The lowest BCUT2D eigenvalue weighted by atomic mass is 10.1. The molecular formula is C19H30N2O3S. The van der Waals surface area contributed by atoms with Gasteiger partial charge in [0.15, 0.2) is 0 Å². The molecule has 1 heterocycles. The number of amides is 1. The number of hydrogen-bond donors (Lipinski definition) is 1. The summed E-state index contributed by atoms with van der Waals surface area (Å²) in [6.45, 7) is 5.34. The van der Waals surface area contributed by atoms with E-state index in [2.05, 4.69) is 12.2 Å². The molecule has 0 saturated carbocycles. The van der Waals surface area contributed by atoms with Gasteiger partial charge < -0.3 is 5.32 Å². The van der Waals surface area contributed by atoms with Gasteiger partial charge in [0.25, 0.3) is 0 Å². The zero-order valence-electron chi connectivity index (χ0n) is 15.3. The Kier molecular flexibility index (Phi) is 7.44. The molecule has 0 aromatic heterocycles. The maximum atomic E-state index is 12.6. The van der Waals surface area contributed by atoms with E-state index in [1.54, 1.807) is 16.4 Å². The monoisotopic (exact) mass is 366 g/mol. The van der Waals surface area contributed by atoms with Crippen molar-refractivity contribution in [2.24, 2.45) is 0 Å². The normalized spacial score (nSPS) is 17.2. The highest BCUT2D eigenvalue weighted by Gasteiger charge is 2.25. The van der Waals surface area contributed by atoms with E-state index < -0.39 is 10.0 Å². The summed E-state index contributed by atoms with van der Waals surface area (Å²) in [6, 6.07) is 7.17. The van der Waals surface area contributed by atoms with Gasteiger partial charge in [0.1, 0.15) is 0 Å². The number of carbonyl (C=O) groups is 1. The van der Waals surface area contributed by atoms with Crippen molar-refractivity contribution < 1.29 is 13.2 Å². The lowest BCUT2D eigenvalue weighted by Gasteiger charge is -2.25. The van der Waals surface area contributed by atoms with Crippen LogP contribution in [0.2, 0.25) is 0 Å². The van der Waals surface area contributed by atoms with Gasteiger partial charge in [-0.1, -0.05) is 31.9 Å². The van der Waals surface area contributed by atoms with Crippen molar-refractivity contribution in [2.45, 2.75) is 69.7 Å². The molecule has 140 valence electrons. The third kappa shape index (κ3) is 5.82. The van der Waals surface area contributed by atoms with E-state index in [4.69, 9.17) is 0 Å². The maximum absolute atomic E-state index is 12.6. The van der Waals surface area contributed by atoms with Gasteiger partial charge in [-0.3, -0.25) is 4.79 Å². The molecule has 1 aromatic carbocycles. The molecule has 1 amide bonds. The molecule has 1 aromatic rings. The van der Waals surface area contributed by atoms with Gasteiger partial charge in [-0.15, -0.1) is 0 Å². The van der Waals surface area contributed by atoms with E-state index >= 15 is 0 Å². The lowest BCUT2D eigenvalue weighted by molar-refractivity contribution is -0.121. The second kappa shape index (κ2) is 9.34. The summed E-state index contributed by atoms with van der Waals surface area (Å²) < 4.78 is 26.8. The fourth-order valence-corrected chi connectivity index (χ4v) is 4.71. The Labute approximate surface area is 151 Å². The number of benzene rings is 1. The molecule has 1 unspecified atom stereocenters. The Hall–Kier alpha value is -1.40. The number of rotatable bonds is 8. The van der Waals surface area contributed by atoms with Crippen molar-refractivity contribution in [1.82, 2.24) is 9.62 Å². The first kappa shape index (κ1) is 19.9. The first-order valence-electron chi connectivity index (χ1n) is 9.32. The van der Waals surface area contributed by atoms with E-state index in [0.29, 0.717) is 30.8 Å². The average Bonchev–Trinajstić information content (AvgIpc) is 2.61. The molecule has 2 rings (SSSR count). The molecule has 1 atom stereocenters. The molecule has 25 heavy (non-hydrogen) atoms. The standard InChI is InChI=1S/C19H30N2O3S/c1-3-7-16(2)20-19(22)13-10-17-8-11-18(12-9-17)25(23,24)21-14-5-4-6-15-21/h8-9,11-12,16H,3-7,10,13-15H2,1-2H3,(H,20,22). The summed E-state index contributed by atoms with van der Waals surface area (Å²) in [5, 5.41) is 2.99. The van der Waals surface area contributed by atoms with Crippen LogP contribution in [0.1, 0.15) is 57.9 Å². The molecule has 0 aliphatic carbocycles. The van der Waals surface area contributed by atoms with Crippen LogP contribution in [-0.2, 0) is 21.2 Å². The van der Waals surface area contributed by atoms with Gasteiger partial charge in [-0.2, -0.15) is 4.31 Å². The van der Waals surface area contributed by atoms with Crippen molar-refractivity contribution in [3.05, 3.63) is 29.8 Å². The van der Waals surface area contributed by atoms with E-state index in [-0.39, 0.29) is 11.9 Å². The van der Waals surface area contributed by atoms with Gasteiger partial charge in [-0.25, -0.2) is 8.42 Å². The smallest absolute Gasteiger partial charge is 0.243 e. The van der Waals surface area contributed by atoms with Crippen LogP contribution in [0.4, 0.5) is 0 Å². The highest BCUT2D eigenvalue weighted by atomic mass is 32.2. The number of aryl methyl sites for hydroxylation is 1. The first-order chi connectivity index (χ1) is 11.9. The molecular weight excluding hydrogens is 336 g/mol. The summed E-state index contributed by atoms with van der Waals surface area (Å²) >= 11 is 0. The highest BCUT2D eigenvalue weighted by Crippen LogP contribution is 2.21. The van der Waals surface area contributed by atoms with Crippen molar-refractivity contribution in [1.29, 1.82) is 0 Å². The minimum absolute atomic E-state index is 0.0472. The van der Waals surface area contributed by atoms with E-state index in [0.717, 1.165) is 37.7 Å². The van der Waals surface area contributed by atoms with Crippen molar-refractivity contribution >= 4 is 15.9 Å². The molecule has 1 fully saturated rings. The van der Waals surface area contributed by atoms with Gasteiger partial charge in [0.05, 0.1) is 4.90 Å². The number of carbonyl (C=O) groups excluding carboxylic acids is 1. The molecule has 0 spiro atoms. The van der Waals surface area contributed by atoms with Crippen LogP contribution in [0, 0.1) is 0 Å². The Morgan fingerprint density at radius 2 is 1.80 bits per heavy atom. The van der Waals surface area contributed by atoms with Gasteiger partial charge in [0, 0.05) is 25.6 Å². The lowest BCUT2D eigenvalue weighted by Crippen LogP contribution is -2.35. The second-order valence-corrected chi connectivity index (χ2v) is 8.80. The van der Waals surface area contributed by atoms with Crippen molar-refractivity contribution in [3.63, 3.8) is 0 Å². The van der Waals surface area contributed by atoms with E-state index in [9.17, 15) is 13.2 Å². The van der Waals surface area contributed by atoms with Gasteiger partial charge in [0.2, 0.25) is 15.9 Å². The van der Waals surface area contributed by atoms with Crippen molar-refractivity contribution in [3.8, 4) is 0 Å². The van der Waals surface area contributed by atoms with E-state index in [1.807, 2.05) is 19.1 Å². The van der Waals surface area contributed by atoms with Crippen LogP contribution in [0.15, 0.2) is 29.2 Å². The molecule has 1 N–H and O–H groups in total. The maximum Gasteiger partial charge on any atom is 0.243 e. The largest absolute Gasteiger partial charge is 0.354 e. The molecule has 0 bridgehead atoms. The third-order valence-corrected chi connectivity index (χ3v) is 6.56. The number of sulfonamides is 1. The fraction of sp³-hybridized carbons (Fsp3) is 0.632. The van der Waals surface area contributed by atoms with Crippen molar-refractivity contribution in [2.75, 3.05) is 13.1 Å². The Balaban J connectivity index is 1.90. The summed E-state index contributed by atoms with van der Waals surface area (Å²) in [4.78, 5) is 12.3. The Morgan fingerprint density at radius 3 is 2.40 bits per heavy atom. The number of nitrogens with one attached hydrogen (secondary N) is 1. The van der Waals surface area contributed by atoms with Crippen LogP contribution in [0.3, 0.4) is 0 Å². The van der Waals surface area contributed by atoms with Crippen LogP contribution in [0.25, 0.3) is 0 Å². The molecule has 6 heteroatoms. The average molecular weight is 367 g/mol. The zero-order chi connectivity index (χ0) is 18.3. The van der Waals surface area contributed by atoms with Gasteiger partial charge in [-0.05, 0) is 50.3 Å². The van der Waals surface area contributed by atoms with Crippen LogP contribution >= 0.6 is 0 Å². The quantitative estimate of drug-likeness (QED) is 0.769. The SMILES string of the molecule is CCCC(C)NC(=O)CCc1ccc(S(=O)(=O)N2CCCCC2)cc1. The fourth-order valence-electron chi connectivity index (χ4n) is 3.19. The Morgan fingerprint density at radius 1 is 1.16 bits per heavy atom. The summed E-state index contributed by atoms with van der Waals surface area (Å²) in [7, 11) is -3.38. The molecule has 1 aliphatic rings. The topological polar surface area (TPSA) is 66.5 Å². The second-order valence-electron chi connectivity index (χ2n) is 6.87. The molecule has 1 saturated heterocycles. The van der Waals surface area contributed by atoms with Gasteiger partial charge >= 0.3 is 0 Å². The third-order valence-electron chi connectivity index (χ3n) is 4.65.